The minimum atomic E-state index is -5.68. The third kappa shape index (κ3) is 6.84. The predicted octanol–water partition coefficient (Wildman–Crippen LogP) is 13.7. The first-order valence-electron chi connectivity index (χ1n) is 13.5. The lowest BCUT2D eigenvalue weighted by Gasteiger charge is -2.27. The average molecular weight is 769 g/mol. The van der Waals surface area contributed by atoms with Gasteiger partial charge in [0.05, 0.1) is 28.3 Å². The normalized spacial score (nSPS) is 12.3. The summed E-state index contributed by atoms with van der Waals surface area (Å²) in [6.07, 6.45) is -15.9. The fourth-order valence-corrected chi connectivity index (χ4v) is 6.02. The smallest absolute Gasteiger partial charge is 0.206 e. The number of rotatable bonds is 4. The standard InChI is InChI=1S/C34H12Cl3F12N/c35-17-4-8-21(25(39)12-17)29-27(19-6-2-15(10-23(19)37)32(41,42)43)30(34(47,48)49)26(18-5-1-14(13-50)9-22(18)36)28(31(29)40)20-7-3-16(11-24(20)38)33(44,45)46/h1-12H. The molecule has 16 heteroatoms. The molecule has 0 atom stereocenters. The summed E-state index contributed by atoms with van der Waals surface area (Å²) in [6.45, 7) is 0. The highest BCUT2D eigenvalue weighted by Crippen LogP contribution is 2.56. The molecule has 0 aliphatic heterocycles. The topological polar surface area (TPSA) is 23.8 Å². The molecule has 0 aliphatic carbocycles. The molecular formula is C34H12Cl3F12N. The van der Waals surface area contributed by atoms with Crippen LogP contribution in [0.1, 0.15) is 22.3 Å². The number of nitriles is 1. The number of hydrogen-bond acceptors (Lipinski definition) is 1. The van der Waals surface area contributed by atoms with Crippen LogP contribution in [-0.2, 0) is 18.5 Å². The first-order chi connectivity index (χ1) is 23.1. The highest BCUT2D eigenvalue weighted by atomic mass is 35.5. The van der Waals surface area contributed by atoms with Gasteiger partial charge in [0.1, 0.15) is 17.5 Å². The highest BCUT2D eigenvalue weighted by molar-refractivity contribution is 6.35. The highest BCUT2D eigenvalue weighted by Gasteiger charge is 2.44. The lowest BCUT2D eigenvalue weighted by Crippen LogP contribution is -2.15. The second-order valence-corrected chi connectivity index (χ2v) is 11.8. The third-order valence-corrected chi connectivity index (χ3v) is 8.28. The van der Waals surface area contributed by atoms with E-state index in [0.717, 1.165) is 30.3 Å². The van der Waals surface area contributed by atoms with Crippen molar-refractivity contribution in [1.29, 1.82) is 5.26 Å². The Morgan fingerprint density at radius 2 is 0.920 bits per heavy atom. The van der Waals surface area contributed by atoms with Crippen LogP contribution in [0.5, 0.6) is 0 Å². The quantitative estimate of drug-likeness (QED) is 0.167. The van der Waals surface area contributed by atoms with Gasteiger partial charge in [-0.2, -0.15) is 44.8 Å². The molecule has 5 rings (SSSR count). The first kappa shape index (κ1) is 36.9. The lowest BCUT2D eigenvalue weighted by atomic mass is 9.79. The summed E-state index contributed by atoms with van der Waals surface area (Å²) in [7, 11) is 0. The van der Waals surface area contributed by atoms with E-state index in [4.69, 9.17) is 34.8 Å². The Morgan fingerprint density at radius 3 is 1.34 bits per heavy atom. The second-order valence-electron chi connectivity index (χ2n) is 10.5. The Bertz CT molecular complexity index is 2210. The number of nitrogens with zero attached hydrogens (tertiary/aromatic N) is 1. The molecule has 0 aromatic heterocycles. The summed E-state index contributed by atoms with van der Waals surface area (Å²) >= 11 is 18.3. The third-order valence-electron chi connectivity index (χ3n) is 7.42. The van der Waals surface area contributed by atoms with Gasteiger partial charge in [0, 0.05) is 59.6 Å². The van der Waals surface area contributed by atoms with Crippen molar-refractivity contribution in [3.63, 3.8) is 0 Å². The van der Waals surface area contributed by atoms with Gasteiger partial charge >= 0.3 is 18.5 Å². The number of alkyl halides is 9. The van der Waals surface area contributed by atoms with E-state index in [-0.39, 0.29) is 28.8 Å². The Morgan fingerprint density at radius 1 is 0.480 bits per heavy atom. The molecule has 0 amide bonds. The van der Waals surface area contributed by atoms with Crippen molar-refractivity contribution in [2.45, 2.75) is 18.5 Å². The molecule has 5 aromatic rings. The maximum Gasteiger partial charge on any atom is 0.417 e. The van der Waals surface area contributed by atoms with Gasteiger partial charge in [-0.3, -0.25) is 0 Å². The SMILES string of the molecule is N#Cc1ccc(-c2c(-c3ccc(C(F)(F)F)cc3F)c(F)c(-c3ccc(Cl)cc3F)c(-c3ccc(C(F)(F)F)cc3Cl)c2C(F)(F)F)c(Cl)c1. The van der Waals surface area contributed by atoms with Gasteiger partial charge in [0.15, 0.2) is 0 Å². The molecule has 0 fully saturated rings. The summed E-state index contributed by atoms with van der Waals surface area (Å²) in [5, 5.41) is 7.32. The molecule has 50 heavy (non-hydrogen) atoms. The molecule has 0 unspecified atom stereocenters. The van der Waals surface area contributed by atoms with Gasteiger partial charge in [-0.15, -0.1) is 0 Å². The maximum atomic E-state index is 17.3. The minimum absolute atomic E-state index is 0.102. The van der Waals surface area contributed by atoms with Gasteiger partial charge < -0.3 is 0 Å². The van der Waals surface area contributed by atoms with Gasteiger partial charge in [0.25, 0.3) is 0 Å². The minimum Gasteiger partial charge on any atom is -0.206 e. The van der Waals surface area contributed by atoms with E-state index in [1.165, 1.54) is 0 Å². The van der Waals surface area contributed by atoms with E-state index < -0.39 is 107 Å². The van der Waals surface area contributed by atoms with E-state index in [1.807, 2.05) is 0 Å². The molecule has 258 valence electrons. The molecule has 0 radical (unpaired) electrons. The molecule has 0 heterocycles. The molecule has 0 N–H and O–H groups in total. The maximum absolute atomic E-state index is 17.3. The van der Waals surface area contributed by atoms with E-state index >= 15 is 26.3 Å². The fraction of sp³-hybridized carbons (Fsp3) is 0.0882. The summed E-state index contributed by atoms with van der Waals surface area (Å²) < 4.78 is 176. The molecule has 5 aromatic carbocycles. The number of benzene rings is 5. The Kier molecular flexibility index (Phi) is 9.64. The first-order valence-corrected chi connectivity index (χ1v) is 14.6. The Hall–Kier alpha value is -4.38. The van der Waals surface area contributed by atoms with Crippen molar-refractivity contribution in [3.05, 3.63) is 128 Å². The summed E-state index contributed by atoms with van der Waals surface area (Å²) in [6, 6.07) is 8.12. The number of halogens is 15. The predicted molar refractivity (Wildman–Crippen MR) is 163 cm³/mol. The molecule has 0 bridgehead atoms. The summed E-state index contributed by atoms with van der Waals surface area (Å²) in [5.74, 6) is -5.17. The van der Waals surface area contributed by atoms with Crippen molar-refractivity contribution in [3.8, 4) is 50.6 Å². The average Bonchev–Trinajstić information content (AvgIpc) is 3.00. The molecule has 0 saturated carbocycles. The van der Waals surface area contributed by atoms with Crippen LogP contribution in [0.4, 0.5) is 52.7 Å². The molecule has 0 saturated heterocycles. The van der Waals surface area contributed by atoms with Crippen molar-refractivity contribution in [2.75, 3.05) is 0 Å². The largest absolute Gasteiger partial charge is 0.417 e. The van der Waals surface area contributed by atoms with E-state index in [2.05, 4.69) is 0 Å². The summed E-state index contributed by atoms with van der Waals surface area (Å²) in [4.78, 5) is 0. The van der Waals surface area contributed by atoms with Crippen LogP contribution in [0, 0.1) is 28.8 Å². The van der Waals surface area contributed by atoms with Crippen molar-refractivity contribution >= 4 is 34.8 Å². The van der Waals surface area contributed by atoms with Crippen LogP contribution in [0.15, 0.2) is 72.8 Å². The second kappa shape index (κ2) is 13.1. The van der Waals surface area contributed by atoms with Gasteiger partial charge in [-0.25, -0.2) is 13.2 Å². The zero-order valence-electron chi connectivity index (χ0n) is 24.0. The fourth-order valence-electron chi connectivity index (χ4n) is 5.32. The molecular weight excluding hydrogens is 757 g/mol. The van der Waals surface area contributed by atoms with Crippen LogP contribution in [0.25, 0.3) is 44.5 Å². The van der Waals surface area contributed by atoms with Crippen LogP contribution >= 0.6 is 34.8 Å². The van der Waals surface area contributed by atoms with Crippen LogP contribution in [-0.4, -0.2) is 0 Å². The Balaban J connectivity index is 2.12. The van der Waals surface area contributed by atoms with E-state index in [0.29, 0.717) is 24.3 Å². The van der Waals surface area contributed by atoms with Crippen molar-refractivity contribution in [2.24, 2.45) is 0 Å². The van der Waals surface area contributed by atoms with Crippen molar-refractivity contribution in [1.82, 2.24) is 0 Å². The van der Waals surface area contributed by atoms with Gasteiger partial charge in [-0.05, 0) is 54.6 Å². The van der Waals surface area contributed by atoms with E-state index in [9.17, 15) is 31.6 Å². The Labute approximate surface area is 288 Å². The lowest BCUT2D eigenvalue weighted by molar-refractivity contribution is -0.138. The van der Waals surface area contributed by atoms with Gasteiger partial charge in [-0.1, -0.05) is 53.0 Å². The van der Waals surface area contributed by atoms with E-state index in [1.54, 1.807) is 6.07 Å². The van der Waals surface area contributed by atoms with Crippen LogP contribution in [0.3, 0.4) is 0 Å². The van der Waals surface area contributed by atoms with Crippen LogP contribution < -0.4 is 0 Å². The van der Waals surface area contributed by atoms with Crippen molar-refractivity contribution < 1.29 is 52.7 Å². The van der Waals surface area contributed by atoms with Gasteiger partial charge in [0.2, 0.25) is 0 Å². The monoisotopic (exact) mass is 767 g/mol. The molecule has 0 spiro atoms. The summed E-state index contributed by atoms with van der Waals surface area (Å²) in [5.41, 5.74) is -14.2. The zero-order chi connectivity index (χ0) is 37.1. The molecule has 1 nitrogen and oxygen atoms in total. The molecule has 0 aliphatic rings. The van der Waals surface area contributed by atoms with Crippen LogP contribution in [0.2, 0.25) is 15.1 Å². The number of hydrogen-bond donors (Lipinski definition) is 0. The zero-order valence-corrected chi connectivity index (χ0v) is 26.3.